The first-order valence-corrected chi connectivity index (χ1v) is 13.6. The molecule has 38 heavy (non-hydrogen) atoms. The van der Waals surface area contributed by atoms with Gasteiger partial charge in [-0.2, -0.15) is 17.9 Å². The Balaban J connectivity index is 2.06. The summed E-state index contributed by atoms with van der Waals surface area (Å²) in [6, 6.07) is 9.56. The highest BCUT2D eigenvalue weighted by Crippen LogP contribution is 2.49. The Morgan fingerprint density at radius 2 is 1.79 bits per heavy atom. The smallest absolute Gasteiger partial charge is 0.298 e. The molecule has 0 saturated carbocycles. The van der Waals surface area contributed by atoms with E-state index in [1.807, 2.05) is 6.92 Å². The fourth-order valence-corrected chi connectivity index (χ4v) is 4.90. The molecule has 3 aromatic rings. The molecule has 0 fully saturated rings. The number of aromatic hydroxyl groups is 1. The number of azo groups is 1. The summed E-state index contributed by atoms with van der Waals surface area (Å²) in [5.74, 6) is -0.410. The zero-order valence-corrected chi connectivity index (χ0v) is 22.9. The number of phenolic OH excluding ortho intramolecular Hbond substituents is 1. The maximum Gasteiger partial charge on any atom is 0.298 e. The first-order valence-electron chi connectivity index (χ1n) is 10.7. The molecule has 3 rings (SSSR count). The normalized spacial score (nSPS) is 12.0. The first kappa shape index (κ1) is 29.8. The molecule has 0 radical (unpaired) electrons. The van der Waals surface area contributed by atoms with Gasteiger partial charge in [-0.15, -0.1) is 9.45 Å². The fraction of sp³-hybridized carbons (Fsp3) is 0.227. The van der Waals surface area contributed by atoms with Crippen LogP contribution in [0.3, 0.4) is 0 Å². The van der Waals surface area contributed by atoms with Crippen molar-refractivity contribution in [1.82, 2.24) is 0 Å². The fourth-order valence-electron chi connectivity index (χ4n) is 3.05. The van der Waals surface area contributed by atoms with Crippen LogP contribution in [-0.4, -0.2) is 41.1 Å². The first-order chi connectivity index (χ1) is 18.3. The molecule has 0 spiro atoms. The Hall–Kier alpha value is -2.80. The summed E-state index contributed by atoms with van der Waals surface area (Å²) in [7, 11) is -1.98. The second-order valence-electron chi connectivity index (χ2n) is 7.14. The van der Waals surface area contributed by atoms with E-state index in [0.29, 0.717) is 24.3 Å². The van der Waals surface area contributed by atoms with E-state index in [0.717, 1.165) is 30.5 Å². The molecule has 0 bridgehead atoms. The van der Waals surface area contributed by atoms with Crippen LogP contribution in [0.1, 0.15) is 13.3 Å². The van der Waals surface area contributed by atoms with E-state index in [-0.39, 0.29) is 37.6 Å². The topological polar surface area (TPSA) is 173 Å². The van der Waals surface area contributed by atoms with E-state index >= 15 is 0 Å². The molecule has 0 aromatic heterocycles. The average Bonchev–Trinajstić information content (AvgIpc) is 2.91. The van der Waals surface area contributed by atoms with Crippen LogP contribution in [0.25, 0.3) is 10.8 Å². The summed E-state index contributed by atoms with van der Waals surface area (Å²) in [5.41, 5.74) is 6.29. The van der Waals surface area contributed by atoms with Crippen molar-refractivity contribution in [3.8, 4) is 5.75 Å². The van der Waals surface area contributed by atoms with Crippen molar-refractivity contribution in [3.05, 3.63) is 36.4 Å². The number of fused-ring (bicyclic) bond motifs is 1. The number of aliphatic imine (C=N–C) groups is 1. The van der Waals surface area contributed by atoms with Crippen LogP contribution >= 0.6 is 24.1 Å². The van der Waals surface area contributed by atoms with E-state index in [9.17, 15) is 13.5 Å². The van der Waals surface area contributed by atoms with E-state index in [1.54, 1.807) is 24.3 Å². The Kier molecular flexibility index (Phi) is 10.8. The minimum Gasteiger partial charge on any atom is -0.505 e. The highest BCUT2D eigenvalue weighted by atomic mass is 32.2. The standard InChI is InChI=1S/C22H24N4O9S3/c1-5-10-32-34-36-15-8-6-14(7-9-15)25-26-20-16(37-35-33-30-3)11-13-12-17(38(28,29)31-4)21(24-2)19(23)18(13)22(20)27/h6-9,11-12,27H,2,5,10,23H2,1,3-4H3. The Morgan fingerprint density at radius 3 is 2.42 bits per heavy atom. The van der Waals surface area contributed by atoms with Crippen LogP contribution in [-0.2, 0) is 37.8 Å². The maximum absolute atomic E-state index is 12.5. The highest BCUT2D eigenvalue weighted by molar-refractivity contribution is 7.95. The molecule has 0 atom stereocenters. The van der Waals surface area contributed by atoms with E-state index < -0.39 is 15.9 Å². The average molecular weight is 585 g/mol. The van der Waals surface area contributed by atoms with Crippen LogP contribution in [0.5, 0.6) is 5.75 Å². The summed E-state index contributed by atoms with van der Waals surface area (Å²) >= 11 is 1.68. The number of hydrogen-bond acceptors (Lipinski definition) is 15. The van der Waals surface area contributed by atoms with Crippen molar-refractivity contribution >= 4 is 74.4 Å². The number of anilines is 1. The number of phenols is 1. The van der Waals surface area contributed by atoms with Crippen molar-refractivity contribution in [1.29, 1.82) is 0 Å². The van der Waals surface area contributed by atoms with Gasteiger partial charge in [-0.25, -0.2) is 9.78 Å². The minimum absolute atomic E-state index is 0.0407. The lowest BCUT2D eigenvalue weighted by Crippen LogP contribution is -2.05. The van der Waals surface area contributed by atoms with E-state index in [1.165, 1.54) is 19.2 Å². The number of benzene rings is 3. The molecular weight excluding hydrogens is 560 g/mol. The van der Waals surface area contributed by atoms with Crippen molar-refractivity contribution in [3.63, 3.8) is 0 Å². The quantitative estimate of drug-likeness (QED) is 0.0327. The monoisotopic (exact) mass is 584 g/mol. The summed E-state index contributed by atoms with van der Waals surface area (Å²) in [5, 5.41) is 24.2. The van der Waals surface area contributed by atoms with Gasteiger partial charge in [0, 0.05) is 4.90 Å². The maximum atomic E-state index is 12.5. The van der Waals surface area contributed by atoms with Gasteiger partial charge in [0.15, 0.2) is 5.75 Å². The Bertz CT molecular complexity index is 1420. The molecule has 13 nitrogen and oxygen atoms in total. The van der Waals surface area contributed by atoms with Gasteiger partial charge in [0.1, 0.15) is 16.3 Å². The Labute approximate surface area is 227 Å². The Morgan fingerprint density at radius 1 is 1.05 bits per heavy atom. The summed E-state index contributed by atoms with van der Waals surface area (Å²) in [6.45, 7) is 5.84. The highest BCUT2D eigenvalue weighted by Gasteiger charge is 2.25. The third-order valence-electron chi connectivity index (χ3n) is 4.75. The van der Waals surface area contributed by atoms with Gasteiger partial charge in [-0.1, -0.05) is 12.0 Å². The van der Waals surface area contributed by atoms with Gasteiger partial charge < -0.3 is 10.8 Å². The van der Waals surface area contributed by atoms with Gasteiger partial charge in [0.2, 0.25) is 0 Å². The lowest BCUT2D eigenvalue weighted by molar-refractivity contribution is -0.447. The predicted octanol–water partition coefficient (Wildman–Crippen LogP) is 6.09. The molecule has 0 aliphatic carbocycles. The lowest BCUT2D eigenvalue weighted by Gasteiger charge is -2.15. The summed E-state index contributed by atoms with van der Waals surface area (Å²) in [6.07, 6.45) is 0.828. The SMILES string of the molecule is C=Nc1c(S(=O)(=O)OC)cc2cc(SOOOC)c(N=Nc3ccc(SOOCCC)cc3)c(O)c2c1N. The molecule has 0 saturated heterocycles. The van der Waals surface area contributed by atoms with Crippen LogP contribution < -0.4 is 5.73 Å². The van der Waals surface area contributed by atoms with Crippen LogP contribution in [0.15, 0.2) is 66.3 Å². The van der Waals surface area contributed by atoms with Gasteiger partial charge in [-0.05, 0) is 54.9 Å². The molecular formula is C22H24N4O9S3. The molecule has 0 aliphatic heterocycles. The van der Waals surface area contributed by atoms with Gasteiger partial charge in [0.25, 0.3) is 10.1 Å². The third kappa shape index (κ3) is 6.99. The molecule has 0 unspecified atom stereocenters. The molecule has 0 amide bonds. The van der Waals surface area contributed by atoms with Crippen molar-refractivity contribution < 1.29 is 41.2 Å². The van der Waals surface area contributed by atoms with E-state index in [4.69, 9.17) is 19.3 Å². The molecule has 3 aromatic carbocycles. The second-order valence-corrected chi connectivity index (χ2v) is 10.3. The second kappa shape index (κ2) is 13.8. The van der Waals surface area contributed by atoms with Gasteiger partial charge in [-0.3, -0.25) is 9.18 Å². The molecule has 0 heterocycles. The van der Waals surface area contributed by atoms with Crippen LogP contribution in [0.4, 0.5) is 22.7 Å². The minimum atomic E-state index is -4.21. The third-order valence-corrected chi connectivity index (χ3v) is 7.28. The van der Waals surface area contributed by atoms with E-state index in [2.05, 4.69) is 36.0 Å². The zero-order valence-electron chi connectivity index (χ0n) is 20.4. The zero-order chi connectivity index (χ0) is 27.7. The predicted molar refractivity (Wildman–Crippen MR) is 142 cm³/mol. The van der Waals surface area contributed by atoms with Crippen LogP contribution in [0.2, 0.25) is 0 Å². The molecule has 3 N–H and O–H groups in total. The molecule has 16 heteroatoms. The van der Waals surface area contributed by atoms with Gasteiger partial charge in [0.05, 0.1) is 66.6 Å². The number of rotatable bonds is 14. The summed E-state index contributed by atoms with van der Waals surface area (Å²) in [4.78, 5) is 13.8. The van der Waals surface area contributed by atoms with Crippen molar-refractivity contribution in [2.75, 3.05) is 26.6 Å². The van der Waals surface area contributed by atoms with Gasteiger partial charge >= 0.3 is 0 Å². The number of nitrogen functional groups attached to an aromatic ring is 1. The lowest BCUT2D eigenvalue weighted by atomic mass is 10.0. The largest absolute Gasteiger partial charge is 0.505 e. The van der Waals surface area contributed by atoms with Crippen LogP contribution in [0, 0.1) is 0 Å². The van der Waals surface area contributed by atoms with Crippen molar-refractivity contribution in [2.45, 2.75) is 28.0 Å². The number of hydrogen-bond donors (Lipinski definition) is 2. The number of nitrogens with two attached hydrogens (primary N) is 1. The van der Waals surface area contributed by atoms with Crippen molar-refractivity contribution in [2.24, 2.45) is 15.2 Å². The molecule has 0 aliphatic rings. The molecule has 204 valence electrons. The summed E-state index contributed by atoms with van der Waals surface area (Å²) < 4.78 is 39.4. The number of nitrogens with zero attached hydrogens (tertiary/aromatic N) is 3.